The standard InChI is InChI=1S/C21H19F2N7O4S/c1-29-20(26-27-28-29)35-17-7-5-12(30(33)34)10-15(17)19(32)25-11-4-6-13(14(9-11)18(24)31)16-3-2-8-21(16,22)23/h4-7,9-10,16H,2-3,8H2,1H3,(H2,24,31)(H,25,32). The van der Waals surface area contributed by atoms with Gasteiger partial charge in [-0.2, -0.15) is 0 Å². The number of halogens is 2. The fourth-order valence-electron chi connectivity index (χ4n) is 3.96. The molecule has 1 fully saturated rings. The van der Waals surface area contributed by atoms with Crippen molar-refractivity contribution in [1.29, 1.82) is 0 Å². The highest BCUT2D eigenvalue weighted by atomic mass is 32.2. The van der Waals surface area contributed by atoms with Crippen molar-refractivity contribution in [2.24, 2.45) is 12.8 Å². The summed E-state index contributed by atoms with van der Waals surface area (Å²) in [6.45, 7) is 0. The number of nitrogens with one attached hydrogen (secondary N) is 1. The fourth-order valence-corrected chi connectivity index (χ4v) is 4.80. The number of rotatable bonds is 7. The molecule has 35 heavy (non-hydrogen) atoms. The van der Waals surface area contributed by atoms with Crippen LogP contribution in [0.5, 0.6) is 0 Å². The van der Waals surface area contributed by atoms with Gasteiger partial charge < -0.3 is 11.1 Å². The molecular formula is C21H19F2N7O4S. The average Bonchev–Trinajstić information content (AvgIpc) is 3.37. The third kappa shape index (κ3) is 4.96. The number of tetrazole rings is 1. The normalized spacial score (nSPS) is 16.7. The smallest absolute Gasteiger partial charge is 0.270 e. The Morgan fingerprint density at radius 1 is 1.26 bits per heavy atom. The lowest BCUT2D eigenvalue weighted by Crippen LogP contribution is -2.24. The van der Waals surface area contributed by atoms with Gasteiger partial charge in [0.05, 0.1) is 10.5 Å². The Morgan fingerprint density at radius 2 is 2.03 bits per heavy atom. The summed E-state index contributed by atoms with van der Waals surface area (Å²) < 4.78 is 30.0. The number of carbonyl (C=O) groups is 2. The highest BCUT2D eigenvalue weighted by Gasteiger charge is 2.45. The Bertz CT molecular complexity index is 1330. The van der Waals surface area contributed by atoms with Gasteiger partial charge in [-0.05, 0) is 58.8 Å². The van der Waals surface area contributed by atoms with Gasteiger partial charge >= 0.3 is 0 Å². The summed E-state index contributed by atoms with van der Waals surface area (Å²) in [5.74, 6) is -5.73. The van der Waals surface area contributed by atoms with Gasteiger partial charge in [0.25, 0.3) is 17.5 Å². The monoisotopic (exact) mass is 503 g/mol. The molecule has 1 aromatic heterocycles. The SMILES string of the molecule is Cn1nnnc1Sc1ccc([N+](=O)[O-])cc1C(=O)Nc1ccc(C2CCCC2(F)F)c(C(N)=O)c1. The molecule has 2 aromatic carbocycles. The molecule has 4 rings (SSSR count). The molecule has 1 saturated carbocycles. The first-order valence-electron chi connectivity index (χ1n) is 10.4. The van der Waals surface area contributed by atoms with Gasteiger partial charge in [0, 0.05) is 47.7 Å². The van der Waals surface area contributed by atoms with E-state index in [0.29, 0.717) is 16.5 Å². The van der Waals surface area contributed by atoms with Crippen molar-refractivity contribution in [3.8, 4) is 0 Å². The number of aromatic nitrogens is 4. The van der Waals surface area contributed by atoms with E-state index in [2.05, 4.69) is 20.8 Å². The van der Waals surface area contributed by atoms with E-state index in [-0.39, 0.29) is 40.9 Å². The van der Waals surface area contributed by atoms with E-state index in [4.69, 9.17) is 5.73 Å². The molecule has 182 valence electrons. The number of nitro benzene ring substituents is 1. The van der Waals surface area contributed by atoms with Gasteiger partial charge in [-0.1, -0.05) is 6.07 Å². The van der Waals surface area contributed by atoms with Gasteiger partial charge in [-0.25, -0.2) is 13.5 Å². The number of nitrogens with zero attached hydrogens (tertiary/aromatic N) is 5. The van der Waals surface area contributed by atoms with E-state index in [0.717, 1.165) is 17.8 Å². The molecule has 0 aliphatic heterocycles. The lowest BCUT2D eigenvalue weighted by Gasteiger charge is -2.22. The minimum atomic E-state index is -2.96. The first kappa shape index (κ1) is 24.2. The number of nitrogens with two attached hydrogens (primary N) is 1. The van der Waals surface area contributed by atoms with Gasteiger partial charge in [0.1, 0.15) is 0 Å². The van der Waals surface area contributed by atoms with Crippen LogP contribution in [0.3, 0.4) is 0 Å². The van der Waals surface area contributed by atoms with Gasteiger partial charge in [-0.3, -0.25) is 19.7 Å². The van der Waals surface area contributed by atoms with Crippen LogP contribution < -0.4 is 11.1 Å². The summed E-state index contributed by atoms with van der Waals surface area (Å²) in [4.78, 5) is 36.1. The number of anilines is 1. The zero-order valence-corrected chi connectivity index (χ0v) is 19.1. The summed E-state index contributed by atoms with van der Waals surface area (Å²) in [5, 5.41) is 25.2. The molecule has 1 aliphatic rings. The first-order chi connectivity index (χ1) is 16.6. The lowest BCUT2D eigenvalue weighted by atomic mass is 9.90. The molecule has 2 amide bonds. The first-order valence-corrected chi connectivity index (χ1v) is 11.2. The average molecular weight is 503 g/mol. The van der Waals surface area contributed by atoms with Crippen LogP contribution in [-0.2, 0) is 7.05 Å². The van der Waals surface area contributed by atoms with Crippen LogP contribution in [-0.4, -0.2) is 42.9 Å². The zero-order valence-electron chi connectivity index (χ0n) is 18.3. The highest BCUT2D eigenvalue weighted by molar-refractivity contribution is 7.99. The number of benzene rings is 2. The quantitative estimate of drug-likeness (QED) is 0.366. The molecule has 1 heterocycles. The Labute approximate surface area is 201 Å². The van der Waals surface area contributed by atoms with E-state index in [1.807, 2.05) is 0 Å². The van der Waals surface area contributed by atoms with E-state index in [9.17, 15) is 28.5 Å². The second kappa shape index (κ2) is 9.37. The third-order valence-corrected chi connectivity index (χ3v) is 6.77. The Hall–Kier alpha value is -3.94. The predicted molar refractivity (Wildman–Crippen MR) is 120 cm³/mol. The molecule has 1 atom stereocenters. The molecular weight excluding hydrogens is 484 g/mol. The highest BCUT2D eigenvalue weighted by Crippen LogP contribution is 2.47. The molecule has 0 saturated heterocycles. The Balaban J connectivity index is 1.67. The Morgan fingerprint density at radius 3 is 2.63 bits per heavy atom. The van der Waals surface area contributed by atoms with Crippen LogP contribution in [0.25, 0.3) is 0 Å². The van der Waals surface area contributed by atoms with Crippen LogP contribution in [0.2, 0.25) is 0 Å². The zero-order chi connectivity index (χ0) is 25.3. The number of aryl methyl sites for hydroxylation is 1. The molecule has 3 aromatic rings. The number of non-ortho nitro benzene ring substituents is 1. The van der Waals surface area contributed by atoms with Crippen molar-refractivity contribution in [2.75, 3.05) is 5.32 Å². The molecule has 3 N–H and O–H groups in total. The molecule has 1 aliphatic carbocycles. The molecule has 0 spiro atoms. The van der Waals surface area contributed by atoms with Crippen LogP contribution in [0.1, 0.15) is 51.5 Å². The van der Waals surface area contributed by atoms with Gasteiger partial charge in [0.2, 0.25) is 11.1 Å². The number of amides is 2. The minimum Gasteiger partial charge on any atom is -0.366 e. The second-order valence-corrected chi connectivity index (χ2v) is 8.96. The minimum absolute atomic E-state index is 0.0424. The molecule has 0 bridgehead atoms. The van der Waals surface area contributed by atoms with Crippen molar-refractivity contribution >= 4 is 35.0 Å². The number of hydrogen-bond donors (Lipinski definition) is 2. The van der Waals surface area contributed by atoms with Crippen LogP contribution in [0, 0.1) is 10.1 Å². The van der Waals surface area contributed by atoms with Crippen LogP contribution in [0.15, 0.2) is 46.5 Å². The summed E-state index contributed by atoms with van der Waals surface area (Å²) in [5.41, 5.74) is 5.23. The maximum absolute atomic E-state index is 14.3. The van der Waals surface area contributed by atoms with Crippen molar-refractivity contribution in [3.05, 3.63) is 63.2 Å². The summed E-state index contributed by atoms with van der Waals surface area (Å²) in [6, 6.07) is 7.72. The van der Waals surface area contributed by atoms with E-state index < -0.39 is 28.6 Å². The predicted octanol–water partition coefficient (Wildman–Crippen LogP) is 3.52. The van der Waals surface area contributed by atoms with E-state index in [1.165, 1.54) is 35.0 Å². The number of nitro groups is 1. The summed E-state index contributed by atoms with van der Waals surface area (Å²) in [6.07, 6.45) is 0.259. The Kier molecular flexibility index (Phi) is 6.47. The van der Waals surface area contributed by atoms with Crippen molar-refractivity contribution in [2.45, 2.75) is 41.2 Å². The summed E-state index contributed by atoms with van der Waals surface area (Å²) in [7, 11) is 1.59. The molecule has 14 heteroatoms. The lowest BCUT2D eigenvalue weighted by molar-refractivity contribution is -0.384. The number of hydrogen-bond acceptors (Lipinski definition) is 8. The van der Waals surface area contributed by atoms with Crippen molar-refractivity contribution < 1.29 is 23.3 Å². The van der Waals surface area contributed by atoms with Crippen molar-refractivity contribution in [1.82, 2.24) is 20.2 Å². The maximum atomic E-state index is 14.3. The molecule has 11 nitrogen and oxygen atoms in total. The van der Waals surface area contributed by atoms with Gasteiger partial charge in [0.15, 0.2) is 0 Å². The fraction of sp³-hybridized carbons (Fsp3) is 0.286. The third-order valence-electron chi connectivity index (χ3n) is 5.67. The number of primary amides is 1. The van der Waals surface area contributed by atoms with Crippen molar-refractivity contribution in [3.63, 3.8) is 0 Å². The summed E-state index contributed by atoms with van der Waals surface area (Å²) >= 11 is 1.02. The van der Waals surface area contributed by atoms with Gasteiger partial charge in [-0.15, -0.1) is 5.10 Å². The number of alkyl halides is 2. The molecule has 0 radical (unpaired) electrons. The van der Waals surface area contributed by atoms with Crippen LogP contribution in [0.4, 0.5) is 20.2 Å². The maximum Gasteiger partial charge on any atom is 0.270 e. The topological polar surface area (TPSA) is 159 Å². The van der Waals surface area contributed by atoms with Crippen LogP contribution >= 0.6 is 11.8 Å². The second-order valence-electron chi connectivity index (χ2n) is 7.95. The van der Waals surface area contributed by atoms with E-state index in [1.54, 1.807) is 7.05 Å². The van der Waals surface area contributed by atoms with E-state index >= 15 is 0 Å². The molecule has 1 unspecified atom stereocenters. The number of carbonyl (C=O) groups excluding carboxylic acids is 2. The largest absolute Gasteiger partial charge is 0.366 e.